The van der Waals surface area contributed by atoms with Crippen molar-refractivity contribution in [3.05, 3.63) is 52.4 Å². The Morgan fingerprint density at radius 2 is 1.96 bits per heavy atom. The van der Waals surface area contributed by atoms with Crippen LogP contribution in [0.4, 0.5) is 0 Å². The molecule has 0 aliphatic heterocycles. The minimum absolute atomic E-state index is 0.343. The maximum atomic E-state index is 11.8. The van der Waals surface area contributed by atoms with Crippen LogP contribution in [0.3, 0.4) is 0 Å². The summed E-state index contributed by atoms with van der Waals surface area (Å²) in [4.78, 5) is 23.7. The van der Waals surface area contributed by atoms with Gasteiger partial charge in [-0.1, -0.05) is 11.6 Å². The molecule has 0 radical (unpaired) electrons. The third kappa shape index (κ3) is 4.54. The first kappa shape index (κ1) is 18.4. The Kier molecular flexibility index (Phi) is 6.08. The number of nitrogens with one attached hydrogen (secondary N) is 2. The standard InChI is InChI=1S/C17H17ClN2O5/c1-10-12(6-7-25-10)17(22)20-19-15(21)5-4-11-8-13(18)16(24-3)14(9-11)23-2/h4-9H,1-3H3,(H,19,21)(H,20,22). The van der Waals surface area contributed by atoms with Gasteiger partial charge >= 0.3 is 0 Å². The second-order valence-electron chi connectivity index (χ2n) is 4.91. The fraction of sp³-hybridized carbons (Fsp3) is 0.176. The SMILES string of the molecule is COc1cc(C=CC(=O)NNC(=O)c2ccoc2C)cc(Cl)c1OC. The summed E-state index contributed by atoms with van der Waals surface area (Å²) in [6, 6.07) is 4.81. The molecular formula is C17H17ClN2O5. The fourth-order valence-electron chi connectivity index (χ4n) is 2.05. The summed E-state index contributed by atoms with van der Waals surface area (Å²) in [6.45, 7) is 1.65. The average molecular weight is 365 g/mol. The lowest BCUT2D eigenvalue weighted by molar-refractivity contribution is -0.117. The Bertz CT molecular complexity index is 813. The van der Waals surface area contributed by atoms with Gasteiger partial charge in [-0.2, -0.15) is 0 Å². The van der Waals surface area contributed by atoms with E-state index in [4.69, 9.17) is 25.5 Å². The highest BCUT2D eigenvalue weighted by Crippen LogP contribution is 2.36. The zero-order valence-electron chi connectivity index (χ0n) is 13.9. The van der Waals surface area contributed by atoms with Gasteiger partial charge < -0.3 is 13.9 Å². The molecule has 2 amide bonds. The highest BCUT2D eigenvalue weighted by molar-refractivity contribution is 6.32. The Balaban J connectivity index is 1.99. The van der Waals surface area contributed by atoms with Crippen LogP contribution in [0.1, 0.15) is 21.7 Å². The second-order valence-corrected chi connectivity index (χ2v) is 5.31. The first-order valence-corrected chi connectivity index (χ1v) is 7.58. The molecule has 2 N–H and O–H groups in total. The van der Waals surface area contributed by atoms with Crippen molar-refractivity contribution >= 4 is 29.5 Å². The van der Waals surface area contributed by atoms with E-state index in [1.54, 1.807) is 19.1 Å². The highest BCUT2D eigenvalue weighted by atomic mass is 35.5. The van der Waals surface area contributed by atoms with E-state index in [1.165, 1.54) is 38.7 Å². The first-order valence-electron chi connectivity index (χ1n) is 7.20. The molecule has 0 saturated carbocycles. The van der Waals surface area contributed by atoms with Gasteiger partial charge in [0.2, 0.25) is 0 Å². The third-order valence-electron chi connectivity index (χ3n) is 3.29. The van der Waals surface area contributed by atoms with Crippen molar-refractivity contribution < 1.29 is 23.5 Å². The number of methoxy groups -OCH3 is 2. The molecule has 7 nitrogen and oxygen atoms in total. The number of furan rings is 1. The van der Waals surface area contributed by atoms with Gasteiger partial charge in [0.1, 0.15) is 5.76 Å². The molecule has 0 aliphatic rings. The quantitative estimate of drug-likeness (QED) is 0.629. The summed E-state index contributed by atoms with van der Waals surface area (Å²) in [5.41, 5.74) is 5.55. The molecule has 132 valence electrons. The summed E-state index contributed by atoms with van der Waals surface area (Å²) in [6.07, 6.45) is 4.17. The van der Waals surface area contributed by atoms with E-state index in [1.807, 2.05) is 0 Å². The number of amides is 2. The van der Waals surface area contributed by atoms with Gasteiger partial charge in [-0.15, -0.1) is 0 Å². The number of carbonyl (C=O) groups excluding carboxylic acids is 2. The molecule has 25 heavy (non-hydrogen) atoms. The number of hydrogen-bond acceptors (Lipinski definition) is 5. The molecule has 0 atom stereocenters. The van der Waals surface area contributed by atoms with E-state index in [-0.39, 0.29) is 0 Å². The second kappa shape index (κ2) is 8.25. The zero-order valence-corrected chi connectivity index (χ0v) is 14.6. The van der Waals surface area contributed by atoms with Crippen molar-refractivity contribution in [2.45, 2.75) is 6.92 Å². The van der Waals surface area contributed by atoms with Crippen LogP contribution >= 0.6 is 11.6 Å². The van der Waals surface area contributed by atoms with E-state index < -0.39 is 11.8 Å². The largest absolute Gasteiger partial charge is 0.493 e. The summed E-state index contributed by atoms with van der Waals surface area (Å²) in [5.74, 6) is 0.331. The first-order chi connectivity index (χ1) is 12.0. The average Bonchev–Trinajstić information content (AvgIpc) is 3.03. The van der Waals surface area contributed by atoms with Crippen LogP contribution in [0.15, 0.2) is 35.0 Å². The van der Waals surface area contributed by atoms with Crippen molar-refractivity contribution in [2.75, 3.05) is 14.2 Å². The van der Waals surface area contributed by atoms with E-state index >= 15 is 0 Å². The summed E-state index contributed by atoms with van der Waals surface area (Å²) in [5, 5.41) is 0.352. The zero-order chi connectivity index (χ0) is 18.4. The Hall–Kier alpha value is -2.93. The number of rotatable bonds is 5. The number of benzene rings is 1. The molecule has 0 bridgehead atoms. The van der Waals surface area contributed by atoms with Gasteiger partial charge in [0.05, 0.1) is 31.1 Å². The van der Waals surface area contributed by atoms with E-state index in [9.17, 15) is 9.59 Å². The van der Waals surface area contributed by atoms with Crippen LogP contribution in [0.2, 0.25) is 5.02 Å². The molecule has 2 rings (SSSR count). The van der Waals surface area contributed by atoms with E-state index in [0.717, 1.165) is 0 Å². The molecule has 8 heteroatoms. The topological polar surface area (TPSA) is 89.8 Å². The van der Waals surface area contributed by atoms with Crippen LogP contribution in [0, 0.1) is 6.92 Å². The number of halogens is 1. The van der Waals surface area contributed by atoms with Gasteiger partial charge in [0.25, 0.3) is 11.8 Å². The Morgan fingerprint density at radius 3 is 2.56 bits per heavy atom. The van der Waals surface area contributed by atoms with Gasteiger partial charge in [-0.05, 0) is 36.8 Å². The van der Waals surface area contributed by atoms with Gasteiger partial charge in [-0.25, -0.2) is 0 Å². The predicted octanol–water partition coefficient (Wildman–Crippen LogP) is 2.73. The maximum absolute atomic E-state index is 11.8. The molecular weight excluding hydrogens is 348 g/mol. The molecule has 0 unspecified atom stereocenters. The van der Waals surface area contributed by atoms with Crippen molar-refractivity contribution in [3.63, 3.8) is 0 Å². The lowest BCUT2D eigenvalue weighted by Gasteiger charge is -2.10. The Labute approximate surface area is 149 Å². The smallest absolute Gasteiger partial charge is 0.273 e. The fourth-order valence-corrected chi connectivity index (χ4v) is 2.35. The minimum atomic E-state index is -0.514. The van der Waals surface area contributed by atoms with Crippen LogP contribution < -0.4 is 20.3 Å². The van der Waals surface area contributed by atoms with Gasteiger partial charge in [0, 0.05) is 6.08 Å². The number of hydrazine groups is 1. The molecule has 0 fully saturated rings. The molecule has 0 aliphatic carbocycles. The molecule has 0 saturated heterocycles. The molecule has 0 spiro atoms. The van der Waals surface area contributed by atoms with Gasteiger partial charge in [-0.3, -0.25) is 20.4 Å². The molecule has 1 heterocycles. The number of ether oxygens (including phenoxy) is 2. The Morgan fingerprint density at radius 1 is 1.20 bits per heavy atom. The number of carbonyl (C=O) groups is 2. The predicted molar refractivity (Wildman–Crippen MR) is 92.6 cm³/mol. The van der Waals surface area contributed by atoms with Crippen LogP contribution in [-0.2, 0) is 4.79 Å². The maximum Gasteiger partial charge on any atom is 0.273 e. The van der Waals surface area contributed by atoms with E-state index in [2.05, 4.69) is 10.9 Å². The van der Waals surface area contributed by atoms with Gasteiger partial charge in [0.15, 0.2) is 11.5 Å². The number of aryl methyl sites for hydroxylation is 1. The molecule has 2 aromatic rings. The lowest BCUT2D eigenvalue weighted by Crippen LogP contribution is -2.40. The number of hydrogen-bond donors (Lipinski definition) is 2. The third-order valence-corrected chi connectivity index (χ3v) is 3.57. The summed E-state index contributed by atoms with van der Waals surface area (Å²) >= 11 is 6.10. The highest BCUT2D eigenvalue weighted by Gasteiger charge is 2.12. The van der Waals surface area contributed by atoms with Crippen LogP contribution in [0.5, 0.6) is 11.5 Å². The molecule has 1 aromatic heterocycles. The van der Waals surface area contributed by atoms with Crippen molar-refractivity contribution in [3.8, 4) is 11.5 Å². The summed E-state index contributed by atoms with van der Waals surface area (Å²) in [7, 11) is 2.97. The van der Waals surface area contributed by atoms with Crippen molar-refractivity contribution in [2.24, 2.45) is 0 Å². The van der Waals surface area contributed by atoms with Crippen LogP contribution in [0.25, 0.3) is 6.08 Å². The van der Waals surface area contributed by atoms with Crippen molar-refractivity contribution in [1.29, 1.82) is 0 Å². The normalized spacial score (nSPS) is 10.6. The monoisotopic (exact) mass is 364 g/mol. The lowest BCUT2D eigenvalue weighted by atomic mass is 10.2. The van der Waals surface area contributed by atoms with Crippen molar-refractivity contribution in [1.82, 2.24) is 10.9 Å². The van der Waals surface area contributed by atoms with E-state index in [0.29, 0.717) is 33.4 Å². The van der Waals surface area contributed by atoms with Crippen LogP contribution in [-0.4, -0.2) is 26.0 Å². The summed E-state index contributed by atoms with van der Waals surface area (Å²) < 4.78 is 15.4. The molecule has 1 aromatic carbocycles. The minimum Gasteiger partial charge on any atom is -0.493 e.